The predicted molar refractivity (Wildman–Crippen MR) is 107 cm³/mol. The van der Waals surface area contributed by atoms with Crippen LogP contribution < -0.4 is 10.6 Å². The number of rotatable bonds is 3. The maximum Gasteiger partial charge on any atom is 0.416 e. The van der Waals surface area contributed by atoms with Gasteiger partial charge in [0.25, 0.3) is 5.91 Å². The highest BCUT2D eigenvalue weighted by Crippen LogP contribution is 2.33. The average Bonchev–Trinajstić information content (AvgIpc) is 2.94. The van der Waals surface area contributed by atoms with Crippen LogP contribution >= 0.6 is 12.4 Å². The molecule has 0 saturated carbocycles. The van der Waals surface area contributed by atoms with Gasteiger partial charge in [-0.1, -0.05) is 6.07 Å². The number of benzene rings is 1. The molecule has 1 aromatic carbocycles. The molecule has 0 radical (unpaired) electrons. The second-order valence-corrected chi connectivity index (χ2v) is 7.19. The molecule has 2 atom stereocenters. The van der Waals surface area contributed by atoms with E-state index >= 15 is 0 Å². The van der Waals surface area contributed by atoms with Gasteiger partial charge in [0.2, 0.25) is 0 Å². The van der Waals surface area contributed by atoms with Gasteiger partial charge in [-0.25, -0.2) is 4.98 Å². The summed E-state index contributed by atoms with van der Waals surface area (Å²) in [7, 11) is 0. The van der Waals surface area contributed by atoms with Gasteiger partial charge >= 0.3 is 6.18 Å². The second kappa shape index (κ2) is 8.59. The summed E-state index contributed by atoms with van der Waals surface area (Å²) >= 11 is 0. The lowest BCUT2D eigenvalue weighted by Gasteiger charge is -2.28. The molecule has 2 unspecified atom stereocenters. The predicted octanol–water partition coefficient (Wildman–Crippen LogP) is 4.23. The summed E-state index contributed by atoms with van der Waals surface area (Å²) in [5, 5.41) is 6.25. The molecular weight excluding hydrogens is 405 g/mol. The molecule has 29 heavy (non-hydrogen) atoms. The molecule has 0 aliphatic carbocycles. The molecular formula is C20H22ClF3N4O. The summed E-state index contributed by atoms with van der Waals surface area (Å²) in [6.07, 6.45) is -0.0717. The standard InChI is InChI=1S/C20H21F3N4O.ClH/c21-20(22,23)13-3-1-4-14(11-13)26-18-17(5-2-9-25-18)19(28)27-15-6-7-16(27)12-24-10-8-15;/h1-5,9,11,15-16,24H,6-8,10,12H2,(H,25,26);1H. The van der Waals surface area contributed by atoms with Crippen LogP contribution in [0.15, 0.2) is 42.6 Å². The van der Waals surface area contributed by atoms with Crippen molar-refractivity contribution in [1.82, 2.24) is 15.2 Å². The molecule has 2 fully saturated rings. The van der Waals surface area contributed by atoms with Crippen LogP contribution in [0, 0.1) is 0 Å². The Bertz CT molecular complexity index is 863. The van der Waals surface area contributed by atoms with Crippen molar-refractivity contribution in [3.05, 3.63) is 53.7 Å². The lowest BCUT2D eigenvalue weighted by Crippen LogP contribution is -2.42. The number of halogens is 4. The van der Waals surface area contributed by atoms with Crippen LogP contribution in [0.4, 0.5) is 24.7 Å². The quantitative estimate of drug-likeness (QED) is 0.771. The Hall–Kier alpha value is -2.32. The number of nitrogens with one attached hydrogen (secondary N) is 2. The molecule has 2 N–H and O–H groups in total. The van der Waals surface area contributed by atoms with Gasteiger partial charge in [0.15, 0.2) is 0 Å². The molecule has 2 aliphatic rings. The van der Waals surface area contributed by atoms with Crippen LogP contribution in [0.3, 0.4) is 0 Å². The number of alkyl halides is 3. The minimum atomic E-state index is -4.43. The minimum Gasteiger partial charge on any atom is -0.340 e. The summed E-state index contributed by atoms with van der Waals surface area (Å²) in [6, 6.07) is 8.55. The van der Waals surface area contributed by atoms with Crippen molar-refractivity contribution in [3.8, 4) is 0 Å². The summed E-state index contributed by atoms with van der Waals surface area (Å²) < 4.78 is 38.9. The Morgan fingerprint density at radius 1 is 1.14 bits per heavy atom. The third-order valence-electron chi connectivity index (χ3n) is 5.38. The van der Waals surface area contributed by atoms with Crippen molar-refractivity contribution in [2.75, 3.05) is 18.4 Å². The van der Waals surface area contributed by atoms with Crippen molar-refractivity contribution >= 4 is 29.8 Å². The van der Waals surface area contributed by atoms with E-state index in [1.165, 1.54) is 18.3 Å². The largest absolute Gasteiger partial charge is 0.416 e. The van der Waals surface area contributed by atoms with Gasteiger partial charge < -0.3 is 15.5 Å². The molecule has 156 valence electrons. The van der Waals surface area contributed by atoms with Crippen molar-refractivity contribution in [2.45, 2.75) is 37.5 Å². The number of hydrogen-bond donors (Lipinski definition) is 2. The SMILES string of the molecule is Cl.O=C(c1cccnc1Nc1cccc(C(F)(F)F)c1)N1C2CCNCC1CC2. The Morgan fingerprint density at radius 2 is 1.93 bits per heavy atom. The maximum atomic E-state index is 13.3. The first kappa shape index (κ1) is 21.4. The van der Waals surface area contributed by atoms with Gasteiger partial charge in [-0.2, -0.15) is 13.2 Å². The molecule has 2 aromatic rings. The molecule has 2 saturated heterocycles. The highest BCUT2D eigenvalue weighted by atomic mass is 35.5. The topological polar surface area (TPSA) is 57.3 Å². The van der Waals surface area contributed by atoms with Gasteiger partial charge in [-0.15, -0.1) is 12.4 Å². The Kier molecular flexibility index (Phi) is 6.33. The fourth-order valence-corrected chi connectivity index (χ4v) is 4.04. The van der Waals surface area contributed by atoms with Crippen molar-refractivity contribution in [1.29, 1.82) is 0 Å². The van der Waals surface area contributed by atoms with Gasteiger partial charge in [-0.05, 0) is 56.1 Å². The number of fused-ring (bicyclic) bond motifs is 2. The molecule has 0 spiro atoms. The summed E-state index contributed by atoms with van der Waals surface area (Å²) in [6.45, 7) is 1.65. The smallest absolute Gasteiger partial charge is 0.340 e. The Labute approximate surface area is 173 Å². The van der Waals surface area contributed by atoms with Gasteiger partial charge in [0, 0.05) is 30.5 Å². The molecule has 1 amide bonds. The lowest BCUT2D eigenvalue weighted by molar-refractivity contribution is -0.137. The zero-order chi connectivity index (χ0) is 19.7. The first-order valence-corrected chi connectivity index (χ1v) is 9.36. The molecule has 2 bridgehead atoms. The molecule has 4 rings (SSSR count). The molecule has 1 aromatic heterocycles. The first-order valence-electron chi connectivity index (χ1n) is 9.36. The van der Waals surface area contributed by atoms with Gasteiger partial charge in [-0.3, -0.25) is 4.79 Å². The zero-order valence-electron chi connectivity index (χ0n) is 15.6. The Morgan fingerprint density at radius 3 is 2.72 bits per heavy atom. The van der Waals surface area contributed by atoms with E-state index in [0.717, 1.165) is 44.5 Å². The minimum absolute atomic E-state index is 0. The van der Waals surface area contributed by atoms with E-state index in [1.54, 1.807) is 12.1 Å². The average molecular weight is 427 g/mol. The summed E-state index contributed by atoms with van der Waals surface area (Å²) in [4.78, 5) is 19.4. The van der Waals surface area contributed by atoms with Crippen LogP contribution in [0.2, 0.25) is 0 Å². The fraction of sp³-hybridized carbons (Fsp3) is 0.400. The van der Waals surface area contributed by atoms with Crippen LogP contribution in [0.5, 0.6) is 0 Å². The van der Waals surface area contributed by atoms with E-state index < -0.39 is 11.7 Å². The number of carbonyl (C=O) groups excluding carboxylic acids is 1. The van der Waals surface area contributed by atoms with Crippen LogP contribution in [-0.2, 0) is 6.18 Å². The second-order valence-electron chi connectivity index (χ2n) is 7.19. The molecule has 5 nitrogen and oxygen atoms in total. The van der Waals surface area contributed by atoms with Crippen LogP contribution in [0.25, 0.3) is 0 Å². The number of aromatic nitrogens is 1. The Balaban J connectivity index is 0.00000240. The van der Waals surface area contributed by atoms with Gasteiger partial charge in [0.05, 0.1) is 11.1 Å². The maximum absolute atomic E-state index is 13.3. The van der Waals surface area contributed by atoms with Crippen molar-refractivity contribution in [2.24, 2.45) is 0 Å². The molecule has 9 heteroatoms. The van der Waals surface area contributed by atoms with E-state index in [-0.39, 0.29) is 41.9 Å². The number of pyridine rings is 1. The summed E-state index contributed by atoms with van der Waals surface area (Å²) in [5.41, 5.74) is -0.139. The first-order chi connectivity index (χ1) is 13.4. The number of nitrogens with zero attached hydrogens (tertiary/aromatic N) is 2. The zero-order valence-corrected chi connectivity index (χ0v) is 16.4. The van der Waals surface area contributed by atoms with Crippen molar-refractivity contribution in [3.63, 3.8) is 0 Å². The highest BCUT2D eigenvalue weighted by molar-refractivity contribution is 6.00. The van der Waals surface area contributed by atoms with Crippen LogP contribution in [-0.4, -0.2) is 41.0 Å². The van der Waals surface area contributed by atoms with Gasteiger partial charge in [0.1, 0.15) is 5.82 Å². The van der Waals surface area contributed by atoms with E-state index in [1.807, 2.05) is 4.90 Å². The van der Waals surface area contributed by atoms with Crippen LogP contribution in [0.1, 0.15) is 35.2 Å². The molecule has 3 heterocycles. The van der Waals surface area contributed by atoms with E-state index in [9.17, 15) is 18.0 Å². The van der Waals surface area contributed by atoms with Crippen molar-refractivity contribution < 1.29 is 18.0 Å². The third-order valence-corrected chi connectivity index (χ3v) is 5.38. The number of carbonyl (C=O) groups is 1. The monoisotopic (exact) mass is 426 g/mol. The number of hydrogen-bond acceptors (Lipinski definition) is 4. The third kappa shape index (κ3) is 4.48. The lowest BCUT2D eigenvalue weighted by atomic mass is 10.1. The van der Waals surface area contributed by atoms with E-state index in [4.69, 9.17) is 0 Å². The highest BCUT2D eigenvalue weighted by Gasteiger charge is 2.39. The summed E-state index contributed by atoms with van der Waals surface area (Å²) in [5.74, 6) is 0.141. The van der Waals surface area contributed by atoms with E-state index in [2.05, 4.69) is 15.6 Å². The number of anilines is 2. The normalized spacial score (nSPS) is 21.3. The molecule has 2 aliphatic heterocycles. The van der Waals surface area contributed by atoms with E-state index in [0.29, 0.717) is 5.56 Å². The fourth-order valence-electron chi connectivity index (χ4n) is 4.04. The number of amides is 1.